The van der Waals surface area contributed by atoms with Crippen molar-refractivity contribution in [1.29, 1.82) is 5.26 Å². The van der Waals surface area contributed by atoms with Gasteiger partial charge in [-0.25, -0.2) is 0 Å². The molecule has 1 saturated heterocycles. The van der Waals surface area contributed by atoms with Crippen LogP contribution in [0.4, 0.5) is 0 Å². The highest BCUT2D eigenvalue weighted by Gasteiger charge is 2.14. The molecule has 0 aliphatic carbocycles. The van der Waals surface area contributed by atoms with Gasteiger partial charge in [0.1, 0.15) is 11.9 Å². The molecule has 0 bridgehead atoms. The average Bonchev–Trinajstić information content (AvgIpc) is 2.56. The highest BCUT2D eigenvalue weighted by atomic mass is 16.5. The smallest absolute Gasteiger partial charge is 0.258 e. The van der Waals surface area contributed by atoms with Gasteiger partial charge in [-0.1, -0.05) is 0 Å². The van der Waals surface area contributed by atoms with E-state index in [-0.39, 0.29) is 11.7 Å². The van der Waals surface area contributed by atoms with E-state index in [1.807, 2.05) is 6.07 Å². The molecule has 3 rings (SSSR count). The molecule has 1 aromatic heterocycles. The molecule has 1 aromatic carbocycles. The maximum Gasteiger partial charge on any atom is 0.258 e. The van der Waals surface area contributed by atoms with Gasteiger partial charge >= 0.3 is 0 Å². The average molecular weight is 295 g/mol. The normalized spacial score (nSPS) is 15.2. The summed E-state index contributed by atoms with van der Waals surface area (Å²) < 4.78 is 7.41. The number of piperidine rings is 1. The lowest BCUT2D eigenvalue weighted by Gasteiger charge is -2.23. The maximum absolute atomic E-state index is 12.2. The largest absolute Gasteiger partial charge is 0.490 e. The molecule has 112 valence electrons. The lowest BCUT2D eigenvalue weighted by atomic mass is 10.1. The van der Waals surface area contributed by atoms with Gasteiger partial charge in [0, 0.05) is 18.0 Å². The molecule has 1 N–H and O–H groups in total. The second kappa shape index (κ2) is 6.46. The molecule has 0 saturated carbocycles. The van der Waals surface area contributed by atoms with Crippen molar-refractivity contribution in [3.63, 3.8) is 0 Å². The molecule has 1 fully saturated rings. The summed E-state index contributed by atoms with van der Waals surface area (Å²) in [6.45, 7) is 1.90. The fourth-order valence-corrected chi connectivity index (χ4v) is 2.55. The van der Waals surface area contributed by atoms with Crippen molar-refractivity contribution in [2.75, 3.05) is 13.1 Å². The fourth-order valence-electron chi connectivity index (χ4n) is 2.55. The third-order valence-electron chi connectivity index (χ3n) is 3.75. The molecular weight excluding hydrogens is 278 g/mol. The van der Waals surface area contributed by atoms with Gasteiger partial charge in [-0.3, -0.25) is 9.36 Å². The predicted octanol–water partition coefficient (Wildman–Crippen LogP) is 1.84. The number of nitrogens with zero attached hydrogens (tertiary/aromatic N) is 2. The zero-order chi connectivity index (χ0) is 15.4. The molecule has 0 atom stereocenters. The molecule has 5 nitrogen and oxygen atoms in total. The number of hydrogen-bond donors (Lipinski definition) is 1. The van der Waals surface area contributed by atoms with Crippen LogP contribution in [0.1, 0.15) is 18.4 Å². The van der Waals surface area contributed by atoms with Gasteiger partial charge in [0.2, 0.25) is 0 Å². The van der Waals surface area contributed by atoms with Crippen LogP contribution in [0.2, 0.25) is 0 Å². The first-order chi connectivity index (χ1) is 10.8. The Balaban J connectivity index is 1.79. The Morgan fingerprint density at radius 1 is 1.18 bits per heavy atom. The van der Waals surface area contributed by atoms with Crippen LogP contribution in [-0.2, 0) is 0 Å². The maximum atomic E-state index is 12.2. The van der Waals surface area contributed by atoms with Gasteiger partial charge < -0.3 is 10.1 Å². The molecule has 5 heteroatoms. The first kappa shape index (κ1) is 14.4. The summed E-state index contributed by atoms with van der Waals surface area (Å²) >= 11 is 0. The summed E-state index contributed by atoms with van der Waals surface area (Å²) in [5.74, 6) is 0.613. The number of nitriles is 1. The molecule has 0 radical (unpaired) electrons. The molecule has 1 aliphatic rings. The van der Waals surface area contributed by atoms with E-state index in [1.54, 1.807) is 30.5 Å². The van der Waals surface area contributed by atoms with Crippen molar-refractivity contribution in [2.45, 2.75) is 18.9 Å². The molecule has 0 amide bonds. The van der Waals surface area contributed by atoms with Gasteiger partial charge in [0.15, 0.2) is 0 Å². The molecule has 0 unspecified atom stereocenters. The Kier molecular flexibility index (Phi) is 4.22. The molecule has 2 heterocycles. The minimum absolute atomic E-state index is 0.142. The van der Waals surface area contributed by atoms with E-state index in [9.17, 15) is 4.79 Å². The van der Waals surface area contributed by atoms with Gasteiger partial charge in [0.05, 0.1) is 11.6 Å². The van der Waals surface area contributed by atoms with Gasteiger partial charge in [-0.15, -0.1) is 0 Å². The van der Waals surface area contributed by atoms with E-state index >= 15 is 0 Å². The predicted molar refractivity (Wildman–Crippen MR) is 83.3 cm³/mol. The number of hydrogen-bond acceptors (Lipinski definition) is 4. The third kappa shape index (κ3) is 3.18. The van der Waals surface area contributed by atoms with E-state index in [1.165, 1.54) is 10.6 Å². The highest BCUT2D eigenvalue weighted by Crippen LogP contribution is 2.15. The second-order valence-electron chi connectivity index (χ2n) is 5.30. The summed E-state index contributed by atoms with van der Waals surface area (Å²) in [5, 5.41) is 12.1. The number of benzene rings is 1. The topological polar surface area (TPSA) is 67.1 Å². The molecule has 0 spiro atoms. The monoisotopic (exact) mass is 295 g/mol. The van der Waals surface area contributed by atoms with Gasteiger partial charge in [-0.05, 0) is 56.3 Å². The van der Waals surface area contributed by atoms with E-state index in [0.29, 0.717) is 11.3 Å². The quantitative estimate of drug-likeness (QED) is 0.938. The van der Waals surface area contributed by atoms with Crippen molar-refractivity contribution in [1.82, 2.24) is 9.88 Å². The number of ether oxygens (including phenoxy) is 1. The van der Waals surface area contributed by atoms with E-state index in [0.717, 1.165) is 31.6 Å². The van der Waals surface area contributed by atoms with E-state index < -0.39 is 0 Å². The van der Waals surface area contributed by atoms with Crippen LogP contribution in [0.5, 0.6) is 5.75 Å². The second-order valence-corrected chi connectivity index (χ2v) is 5.30. The van der Waals surface area contributed by atoms with Crippen LogP contribution in [0, 0.1) is 11.3 Å². The van der Waals surface area contributed by atoms with Crippen LogP contribution in [0.15, 0.2) is 47.4 Å². The zero-order valence-electron chi connectivity index (χ0n) is 12.2. The Morgan fingerprint density at radius 2 is 1.91 bits per heavy atom. The molecule has 2 aromatic rings. The van der Waals surface area contributed by atoms with Crippen molar-refractivity contribution in [3.8, 4) is 17.5 Å². The van der Waals surface area contributed by atoms with Crippen LogP contribution in [0.25, 0.3) is 5.69 Å². The van der Waals surface area contributed by atoms with Gasteiger partial charge in [-0.2, -0.15) is 5.26 Å². The van der Waals surface area contributed by atoms with Crippen molar-refractivity contribution < 1.29 is 4.74 Å². The van der Waals surface area contributed by atoms with Crippen LogP contribution >= 0.6 is 0 Å². The van der Waals surface area contributed by atoms with Crippen molar-refractivity contribution in [3.05, 3.63) is 58.5 Å². The SMILES string of the molecule is N#Cc1ccc(-n2ccc(OC3CCNCC3)cc2=O)cc1. The minimum Gasteiger partial charge on any atom is -0.490 e. The molecule has 22 heavy (non-hydrogen) atoms. The van der Waals surface area contributed by atoms with Crippen LogP contribution in [0.3, 0.4) is 0 Å². The Bertz CT molecular complexity index is 738. The summed E-state index contributed by atoms with van der Waals surface area (Å²) in [5.41, 5.74) is 1.16. The Hall–Kier alpha value is -2.58. The first-order valence-corrected chi connectivity index (χ1v) is 7.37. The highest BCUT2D eigenvalue weighted by molar-refractivity contribution is 5.40. The fraction of sp³-hybridized carbons (Fsp3) is 0.294. The third-order valence-corrected chi connectivity index (χ3v) is 3.75. The number of aromatic nitrogens is 1. The van der Waals surface area contributed by atoms with Crippen LogP contribution < -0.4 is 15.6 Å². The van der Waals surface area contributed by atoms with Crippen molar-refractivity contribution >= 4 is 0 Å². The summed E-state index contributed by atoms with van der Waals surface area (Å²) in [6.07, 6.45) is 3.80. The summed E-state index contributed by atoms with van der Waals surface area (Å²) in [7, 11) is 0. The van der Waals surface area contributed by atoms with Gasteiger partial charge in [0.25, 0.3) is 5.56 Å². The van der Waals surface area contributed by atoms with Crippen molar-refractivity contribution in [2.24, 2.45) is 0 Å². The summed E-state index contributed by atoms with van der Waals surface area (Å²) in [6, 6.07) is 12.3. The van der Waals surface area contributed by atoms with E-state index in [2.05, 4.69) is 11.4 Å². The van der Waals surface area contributed by atoms with E-state index in [4.69, 9.17) is 10.00 Å². The Morgan fingerprint density at radius 3 is 2.55 bits per heavy atom. The number of nitrogens with one attached hydrogen (secondary N) is 1. The standard InChI is InChI=1S/C17H17N3O2/c18-12-13-1-3-14(4-2-13)20-10-7-16(11-17(20)21)22-15-5-8-19-9-6-15/h1-4,7,10-11,15,19H,5-6,8-9H2. The Labute approximate surface area is 128 Å². The lowest BCUT2D eigenvalue weighted by molar-refractivity contribution is 0.162. The first-order valence-electron chi connectivity index (χ1n) is 7.37. The summed E-state index contributed by atoms with van der Waals surface area (Å²) in [4.78, 5) is 12.2. The number of pyridine rings is 1. The van der Waals surface area contributed by atoms with Crippen LogP contribution in [-0.4, -0.2) is 23.8 Å². The molecular formula is C17H17N3O2. The minimum atomic E-state index is -0.142. The molecule has 1 aliphatic heterocycles. The lowest BCUT2D eigenvalue weighted by Crippen LogP contribution is -2.34. The number of rotatable bonds is 3. The zero-order valence-corrected chi connectivity index (χ0v) is 12.2.